The number of primary amides is 1. The Morgan fingerprint density at radius 1 is 0.930 bits per heavy atom. The molecule has 0 saturated heterocycles. The molecule has 0 unspecified atom stereocenters. The molecule has 9 nitrogen and oxygen atoms in total. The number of benzene rings is 2. The number of aromatic nitrogens is 4. The first-order valence-electron chi connectivity index (χ1n) is 15.3. The van der Waals surface area contributed by atoms with Crippen LogP contribution >= 0.6 is 0 Å². The maximum Gasteiger partial charge on any atom is 0.240 e. The van der Waals surface area contributed by atoms with E-state index < -0.39 is 30.0 Å². The molecule has 0 aliphatic heterocycles. The molecule has 0 radical (unpaired) electrons. The molecule has 0 spiro atoms. The number of imidazole rings is 2. The Bertz CT molecular complexity index is 1350. The fourth-order valence-corrected chi connectivity index (χ4v) is 6.52. The highest BCUT2D eigenvalue weighted by atomic mass is 16.3. The summed E-state index contributed by atoms with van der Waals surface area (Å²) in [6, 6.07) is 18.1. The van der Waals surface area contributed by atoms with Crippen LogP contribution in [-0.2, 0) is 28.9 Å². The van der Waals surface area contributed by atoms with Gasteiger partial charge in [0.2, 0.25) is 11.8 Å². The summed E-state index contributed by atoms with van der Waals surface area (Å²) in [5.41, 5.74) is 8.85. The molecule has 2 amide bonds. The van der Waals surface area contributed by atoms with E-state index in [1.54, 1.807) is 29.8 Å². The van der Waals surface area contributed by atoms with Gasteiger partial charge in [-0.3, -0.25) is 9.59 Å². The van der Waals surface area contributed by atoms with Crippen molar-refractivity contribution in [3.05, 3.63) is 108 Å². The lowest BCUT2D eigenvalue weighted by Crippen LogP contribution is -2.58. The summed E-state index contributed by atoms with van der Waals surface area (Å²) < 4.78 is 0. The average molecular weight is 583 g/mol. The first-order chi connectivity index (χ1) is 21.0. The molecule has 2 heterocycles. The van der Waals surface area contributed by atoms with Gasteiger partial charge in [0.1, 0.15) is 18.0 Å². The number of nitrogens with two attached hydrogens (primary N) is 1. The normalized spacial score (nSPS) is 16.0. The number of rotatable bonds is 14. The SMILES string of the molecule is NC(=O)[C@H](Cc1cnc[nH]1)N(C(=O)C(Cc1ccccc1)Cc1ccccc1)[C@@H](CC1CCCCC1)[C@@H](O)c1ncc[nH]1. The number of H-pyrrole nitrogens is 2. The molecular formula is C34H42N6O3. The molecule has 2 aromatic carbocycles. The van der Waals surface area contributed by atoms with Crippen LogP contribution in [0, 0.1) is 11.8 Å². The first-order valence-corrected chi connectivity index (χ1v) is 15.3. The van der Waals surface area contributed by atoms with Gasteiger partial charge in [0.25, 0.3) is 0 Å². The zero-order chi connectivity index (χ0) is 30.0. The van der Waals surface area contributed by atoms with E-state index >= 15 is 4.79 Å². The minimum Gasteiger partial charge on any atom is -0.383 e. The van der Waals surface area contributed by atoms with Gasteiger partial charge in [0.15, 0.2) is 0 Å². The molecule has 5 N–H and O–H groups in total. The van der Waals surface area contributed by atoms with E-state index in [4.69, 9.17) is 5.73 Å². The Hall–Kier alpha value is -4.24. The third-order valence-electron chi connectivity index (χ3n) is 8.71. The minimum absolute atomic E-state index is 0.163. The Labute approximate surface area is 253 Å². The molecule has 4 aromatic rings. The second-order valence-electron chi connectivity index (χ2n) is 11.7. The number of nitrogens with one attached hydrogen (secondary N) is 2. The summed E-state index contributed by atoms with van der Waals surface area (Å²) in [4.78, 5) is 44.5. The summed E-state index contributed by atoms with van der Waals surface area (Å²) in [5, 5.41) is 11.9. The molecule has 2 aromatic heterocycles. The van der Waals surface area contributed by atoms with Crippen LogP contribution in [0.25, 0.3) is 0 Å². The average Bonchev–Trinajstić information content (AvgIpc) is 3.76. The zero-order valence-electron chi connectivity index (χ0n) is 24.5. The number of aromatic amines is 2. The van der Waals surface area contributed by atoms with Crippen LogP contribution in [0.2, 0.25) is 0 Å². The number of aliphatic hydroxyl groups is 1. The predicted molar refractivity (Wildman–Crippen MR) is 164 cm³/mol. The molecular weight excluding hydrogens is 540 g/mol. The Morgan fingerprint density at radius 3 is 2.12 bits per heavy atom. The van der Waals surface area contributed by atoms with E-state index in [1.165, 1.54) is 6.42 Å². The highest BCUT2D eigenvalue weighted by Gasteiger charge is 2.42. The topological polar surface area (TPSA) is 141 Å². The van der Waals surface area contributed by atoms with Crippen molar-refractivity contribution in [2.45, 2.75) is 76.0 Å². The van der Waals surface area contributed by atoms with Crippen LogP contribution in [-0.4, -0.2) is 53.8 Å². The van der Waals surface area contributed by atoms with E-state index in [-0.39, 0.29) is 12.3 Å². The van der Waals surface area contributed by atoms with Gasteiger partial charge in [0, 0.05) is 36.6 Å². The molecule has 226 valence electrons. The van der Waals surface area contributed by atoms with Gasteiger partial charge >= 0.3 is 0 Å². The van der Waals surface area contributed by atoms with Crippen molar-refractivity contribution < 1.29 is 14.7 Å². The smallest absolute Gasteiger partial charge is 0.240 e. The summed E-state index contributed by atoms with van der Waals surface area (Å²) in [6.07, 6.45) is 12.4. The summed E-state index contributed by atoms with van der Waals surface area (Å²) in [6.45, 7) is 0. The molecule has 1 saturated carbocycles. The van der Waals surface area contributed by atoms with Gasteiger partial charge in [-0.25, -0.2) is 9.97 Å². The number of hydrogen-bond acceptors (Lipinski definition) is 5. The van der Waals surface area contributed by atoms with Crippen LogP contribution < -0.4 is 5.73 Å². The van der Waals surface area contributed by atoms with E-state index in [1.807, 2.05) is 60.7 Å². The summed E-state index contributed by atoms with van der Waals surface area (Å²) in [5.74, 6) is -0.651. The van der Waals surface area contributed by atoms with Gasteiger partial charge in [0.05, 0.1) is 12.4 Å². The van der Waals surface area contributed by atoms with Crippen molar-refractivity contribution >= 4 is 11.8 Å². The number of nitrogens with zero attached hydrogens (tertiary/aromatic N) is 3. The second kappa shape index (κ2) is 14.8. The largest absolute Gasteiger partial charge is 0.383 e. The lowest BCUT2D eigenvalue weighted by molar-refractivity contribution is -0.150. The first kappa shape index (κ1) is 30.2. The summed E-state index contributed by atoms with van der Waals surface area (Å²) >= 11 is 0. The van der Waals surface area contributed by atoms with Crippen molar-refractivity contribution in [1.29, 1.82) is 0 Å². The molecule has 0 bridgehead atoms. The number of carbonyl (C=O) groups excluding carboxylic acids is 2. The van der Waals surface area contributed by atoms with Crippen molar-refractivity contribution in [3.8, 4) is 0 Å². The van der Waals surface area contributed by atoms with Crippen LogP contribution in [0.3, 0.4) is 0 Å². The van der Waals surface area contributed by atoms with Crippen molar-refractivity contribution in [2.24, 2.45) is 17.6 Å². The van der Waals surface area contributed by atoms with Gasteiger partial charge in [-0.2, -0.15) is 0 Å². The third-order valence-corrected chi connectivity index (χ3v) is 8.71. The van der Waals surface area contributed by atoms with Gasteiger partial charge in [-0.05, 0) is 36.3 Å². The van der Waals surface area contributed by atoms with Crippen LogP contribution in [0.15, 0.2) is 85.6 Å². The maximum atomic E-state index is 15.0. The molecule has 1 aliphatic rings. The van der Waals surface area contributed by atoms with Crippen molar-refractivity contribution in [2.75, 3.05) is 0 Å². The molecule has 1 aliphatic carbocycles. The van der Waals surface area contributed by atoms with Crippen LogP contribution in [0.4, 0.5) is 0 Å². The minimum atomic E-state index is -1.13. The Balaban J connectivity index is 1.58. The van der Waals surface area contributed by atoms with Crippen LogP contribution in [0.1, 0.15) is 67.3 Å². The monoisotopic (exact) mass is 582 g/mol. The number of hydrogen-bond donors (Lipinski definition) is 4. The van der Waals surface area contributed by atoms with Crippen LogP contribution in [0.5, 0.6) is 0 Å². The van der Waals surface area contributed by atoms with E-state index in [0.29, 0.717) is 36.7 Å². The van der Waals surface area contributed by atoms with Crippen molar-refractivity contribution in [3.63, 3.8) is 0 Å². The quantitative estimate of drug-likeness (QED) is 0.173. The predicted octanol–water partition coefficient (Wildman–Crippen LogP) is 4.53. The lowest BCUT2D eigenvalue weighted by atomic mass is 9.82. The fraction of sp³-hybridized carbons (Fsp3) is 0.412. The van der Waals surface area contributed by atoms with E-state index in [2.05, 4.69) is 19.9 Å². The van der Waals surface area contributed by atoms with E-state index in [0.717, 1.165) is 36.8 Å². The van der Waals surface area contributed by atoms with Gasteiger partial charge < -0.3 is 25.7 Å². The number of carbonyl (C=O) groups is 2. The molecule has 1 fully saturated rings. The van der Waals surface area contributed by atoms with Gasteiger partial charge in [-0.15, -0.1) is 0 Å². The second-order valence-corrected chi connectivity index (χ2v) is 11.7. The standard InChI is InChI=1S/C34H42N6O3/c35-32(42)30(21-28-22-36-23-39-28)40(29(20-26-14-8-3-9-15-26)31(41)33-37-16-17-38-33)34(43)27(18-24-10-4-1-5-11-24)19-25-12-6-2-7-13-25/h1-2,4-7,10-13,16-17,22-23,26-27,29-31,41H,3,8-9,14-15,18-21H2,(H2,35,42)(H,36,39)(H,37,38)/t29-,30-,31+/m0/s1. The Kier molecular flexibility index (Phi) is 10.4. The number of aliphatic hydroxyl groups excluding tert-OH is 1. The van der Waals surface area contributed by atoms with E-state index in [9.17, 15) is 9.90 Å². The van der Waals surface area contributed by atoms with Gasteiger partial charge in [-0.1, -0.05) is 92.8 Å². The Morgan fingerprint density at radius 2 is 1.58 bits per heavy atom. The summed E-state index contributed by atoms with van der Waals surface area (Å²) in [7, 11) is 0. The highest BCUT2D eigenvalue weighted by molar-refractivity contribution is 5.88. The highest BCUT2D eigenvalue weighted by Crippen LogP contribution is 2.35. The molecule has 43 heavy (non-hydrogen) atoms. The maximum absolute atomic E-state index is 15.0. The fourth-order valence-electron chi connectivity index (χ4n) is 6.52. The molecule has 3 atom stereocenters. The number of amides is 2. The molecule has 9 heteroatoms. The lowest BCUT2D eigenvalue weighted by Gasteiger charge is -2.42. The third kappa shape index (κ3) is 7.99. The zero-order valence-corrected chi connectivity index (χ0v) is 24.5. The van der Waals surface area contributed by atoms with Crippen molar-refractivity contribution in [1.82, 2.24) is 24.8 Å². The molecule has 5 rings (SSSR count).